The van der Waals surface area contributed by atoms with E-state index >= 15 is 0 Å². The van der Waals surface area contributed by atoms with Gasteiger partial charge in [0.15, 0.2) is 35.9 Å². The summed E-state index contributed by atoms with van der Waals surface area (Å²) in [7, 11) is 0. The Kier molecular flexibility index (Phi) is 10.9. The normalized spacial score (nSPS) is 38.8. The van der Waals surface area contributed by atoms with Gasteiger partial charge < -0.3 is 83.9 Å². The van der Waals surface area contributed by atoms with E-state index in [2.05, 4.69) is 0 Å². The highest BCUT2D eigenvalue weighted by Crippen LogP contribution is 2.38. The van der Waals surface area contributed by atoms with Crippen molar-refractivity contribution >= 4 is 11.0 Å². The van der Waals surface area contributed by atoms with Gasteiger partial charge in [-0.15, -0.1) is 0 Å². The maximum absolute atomic E-state index is 14.0. The van der Waals surface area contributed by atoms with Crippen LogP contribution in [0.5, 0.6) is 17.2 Å². The number of rotatable bonds is 8. The molecule has 0 radical (unpaired) electrons. The quantitative estimate of drug-likeness (QED) is 0.110. The maximum Gasteiger partial charge on any atom is 0.235 e. The van der Waals surface area contributed by atoms with Crippen LogP contribution in [0.4, 0.5) is 0 Å². The molecule has 18 nitrogen and oxygen atoms in total. The van der Waals surface area contributed by atoms with E-state index in [1.54, 1.807) is 12.1 Å². The number of ether oxygens (including phenoxy) is 6. The van der Waals surface area contributed by atoms with Gasteiger partial charge in [0.25, 0.3) is 0 Å². The van der Waals surface area contributed by atoms with Gasteiger partial charge in [-0.2, -0.15) is 0 Å². The van der Waals surface area contributed by atoms with Crippen LogP contribution >= 0.6 is 0 Å². The summed E-state index contributed by atoms with van der Waals surface area (Å²) < 4.78 is 40.5. The number of phenols is 2. The Morgan fingerprint density at radius 3 is 1.96 bits per heavy atom. The molecule has 51 heavy (non-hydrogen) atoms. The summed E-state index contributed by atoms with van der Waals surface area (Å²) in [6.07, 6.45) is -24.2. The van der Waals surface area contributed by atoms with Gasteiger partial charge in [0, 0.05) is 5.56 Å². The number of aromatic hydroxyl groups is 2. The Bertz CT molecular complexity index is 1730. The molecule has 18 heteroatoms. The molecule has 0 spiro atoms. The molecule has 4 heterocycles. The number of benzene rings is 2. The van der Waals surface area contributed by atoms with Crippen molar-refractivity contribution in [2.45, 2.75) is 106 Å². The molecule has 0 saturated carbocycles. The summed E-state index contributed by atoms with van der Waals surface area (Å²) in [6, 6.07) is 9.68. The zero-order valence-electron chi connectivity index (χ0n) is 27.1. The predicted octanol–water partition coefficient (Wildman–Crippen LogP) is -2.25. The fourth-order valence-corrected chi connectivity index (χ4v) is 6.11. The summed E-state index contributed by atoms with van der Waals surface area (Å²) in [5, 5.41) is 105. The molecule has 0 aliphatic carbocycles. The number of aliphatic hydroxyl groups excluding tert-OH is 8. The summed E-state index contributed by atoms with van der Waals surface area (Å²) in [6.45, 7) is 2.19. The minimum Gasteiger partial charge on any atom is -0.504 e. The summed E-state index contributed by atoms with van der Waals surface area (Å²) in [4.78, 5) is 14.0. The number of phenolic OH excluding ortho intramolecular Hbond substituents is 2. The third-order valence-electron chi connectivity index (χ3n) is 9.21. The summed E-state index contributed by atoms with van der Waals surface area (Å²) in [5.41, 5.74) is -0.576. The standard InChI is InChI=1S/C33H40O18/c1-11-19(36)23(40)26(43)31(46-11)45-10-18-22(39)25(42)30(51-32-27(44)24(41)20(37)12(2)47-32)33(49-18)50-29-21(38)14-5-3-4-6-17(14)48-28(29)13-7-8-15(34)16(35)9-13/h3-9,11-12,18-20,22-27,30-37,39-44H,10H2,1-2H3/t11-,12-,18+,19-,20-,22+,23-,24-,25+,26+,27-,30+,31+,32-,33-/m0/s1. The van der Waals surface area contributed by atoms with E-state index in [-0.39, 0.29) is 22.3 Å². The molecular formula is C33H40O18. The molecule has 6 rings (SSSR count). The zero-order chi connectivity index (χ0) is 36.9. The molecule has 3 fully saturated rings. The van der Waals surface area contributed by atoms with E-state index in [0.29, 0.717) is 0 Å². The lowest BCUT2D eigenvalue weighted by Crippen LogP contribution is -2.65. The minimum atomic E-state index is -1.95. The van der Waals surface area contributed by atoms with Crippen LogP contribution in [0.15, 0.2) is 51.7 Å². The van der Waals surface area contributed by atoms with E-state index in [1.165, 1.54) is 32.0 Å². The summed E-state index contributed by atoms with van der Waals surface area (Å²) in [5.74, 6) is -1.82. The SMILES string of the molecule is C[C@@H]1O[C@@H](O[C@H]2[C@H](Oc3c(-c4ccc(O)c(O)c4)oc4ccccc4c3=O)O[C@H](CO[C@@H]3O[C@@H](C)[C@H](O)[C@H](O)[C@H]3O)[C@@H](O)[C@H]2O)[C@@H](O)[C@@H](O)[C@H]1O. The van der Waals surface area contributed by atoms with Crippen molar-refractivity contribution in [2.24, 2.45) is 0 Å². The van der Waals surface area contributed by atoms with Crippen molar-refractivity contribution < 1.29 is 83.9 Å². The van der Waals surface area contributed by atoms with Crippen LogP contribution in [-0.2, 0) is 23.7 Å². The fourth-order valence-electron chi connectivity index (χ4n) is 6.11. The van der Waals surface area contributed by atoms with Crippen LogP contribution in [0.2, 0.25) is 0 Å². The lowest BCUT2D eigenvalue weighted by atomic mass is 9.97. The topological polar surface area (TPSA) is 288 Å². The number of fused-ring (bicyclic) bond motifs is 1. The van der Waals surface area contributed by atoms with Gasteiger partial charge in [-0.25, -0.2) is 0 Å². The van der Waals surface area contributed by atoms with Crippen LogP contribution in [0.3, 0.4) is 0 Å². The van der Waals surface area contributed by atoms with E-state index in [0.717, 1.165) is 12.1 Å². The average molecular weight is 725 g/mol. The molecule has 0 bridgehead atoms. The van der Waals surface area contributed by atoms with E-state index in [1.807, 2.05) is 0 Å². The Hall–Kier alpha value is -3.47. The lowest BCUT2D eigenvalue weighted by Gasteiger charge is -2.46. The van der Waals surface area contributed by atoms with Gasteiger partial charge in [-0.05, 0) is 44.2 Å². The number of hydrogen-bond acceptors (Lipinski definition) is 18. The van der Waals surface area contributed by atoms with Gasteiger partial charge in [0.05, 0.1) is 24.2 Å². The number of hydrogen-bond donors (Lipinski definition) is 10. The Morgan fingerprint density at radius 1 is 0.667 bits per heavy atom. The van der Waals surface area contributed by atoms with Crippen molar-refractivity contribution in [3.63, 3.8) is 0 Å². The molecule has 2 aromatic carbocycles. The van der Waals surface area contributed by atoms with Crippen LogP contribution in [0.1, 0.15) is 13.8 Å². The molecule has 3 saturated heterocycles. The van der Waals surface area contributed by atoms with Crippen molar-refractivity contribution in [1.82, 2.24) is 0 Å². The molecule has 10 N–H and O–H groups in total. The van der Waals surface area contributed by atoms with E-state index in [4.69, 9.17) is 32.8 Å². The predicted molar refractivity (Wildman–Crippen MR) is 168 cm³/mol. The smallest absolute Gasteiger partial charge is 0.235 e. The highest BCUT2D eigenvalue weighted by Gasteiger charge is 2.52. The largest absolute Gasteiger partial charge is 0.504 e. The third-order valence-corrected chi connectivity index (χ3v) is 9.21. The Balaban J connectivity index is 1.37. The van der Waals surface area contributed by atoms with Crippen LogP contribution in [0.25, 0.3) is 22.3 Å². The van der Waals surface area contributed by atoms with Crippen molar-refractivity contribution in [3.05, 3.63) is 52.7 Å². The van der Waals surface area contributed by atoms with Gasteiger partial charge in [0.2, 0.25) is 17.5 Å². The Labute approximate surface area is 288 Å². The van der Waals surface area contributed by atoms with Gasteiger partial charge in [-0.3, -0.25) is 4.79 Å². The first kappa shape index (κ1) is 37.3. The second-order valence-corrected chi connectivity index (χ2v) is 12.7. The number of aliphatic hydroxyl groups is 8. The third kappa shape index (κ3) is 7.16. The van der Waals surface area contributed by atoms with Crippen LogP contribution in [-0.4, -0.2) is 150 Å². The molecule has 3 aliphatic heterocycles. The fraction of sp³-hybridized carbons (Fsp3) is 0.545. The van der Waals surface area contributed by atoms with E-state index in [9.17, 15) is 55.9 Å². The van der Waals surface area contributed by atoms with Gasteiger partial charge in [-0.1, -0.05) is 12.1 Å². The molecule has 15 atom stereocenters. The Morgan fingerprint density at radius 2 is 1.29 bits per heavy atom. The molecule has 1 aromatic heterocycles. The minimum absolute atomic E-state index is 0.0447. The molecule has 3 aliphatic rings. The molecule has 0 unspecified atom stereocenters. The molecule has 280 valence electrons. The second-order valence-electron chi connectivity index (χ2n) is 12.7. The first-order valence-corrected chi connectivity index (χ1v) is 16.1. The van der Waals surface area contributed by atoms with Crippen LogP contribution < -0.4 is 10.2 Å². The molecular weight excluding hydrogens is 684 g/mol. The average Bonchev–Trinajstić information content (AvgIpc) is 3.11. The molecule has 0 amide bonds. The second kappa shape index (κ2) is 14.9. The first-order chi connectivity index (χ1) is 24.2. The highest BCUT2D eigenvalue weighted by molar-refractivity contribution is 5.82. The first-order valence-electron chi connectivity index (χ1n) is 16.1. The van der Waals surface area contributed by atoms with Crippen LogP contribution in [0, 0.1) is 0 Å². The highest BCUT2D eigenvalue weighted by atomic mass is 16.8. The molecule has 3 aromatic rings. The van der Waals surface area contributed by atoms with Gasteiger partial charge in [0.1, 0.15) is 60.5 Å². The maximum atomic E-state index is 14.0. The number of para-hydroxylation sites is 1. The van der Waals surface area contributed by atoms with Gasteiger partial charge >= 0.3 is 0 Å². The zero-order valence-corrected chi connectivity index (χ0v) is 27.1. The van der Waals surface area contributed by atoms with Crippen molar-refractivity contribution in [2.75, 3.05) is 6.61 Å². The van der Waals surface area contributed by atoms with E-state index < -0.39 is 121 Å². The van der Waals surface area contributed by atoms with Crippen molar-refractivity contribution in [3.8, 4) is 28.6 Å². The van der Waals surface area contributed by atoms with Crippen molar-refractivity contribution in [1.29, 1.82) is 0 Å². The summed E-state index contributed by atoms with van der Waals surface area (Å²) >= 11 is 0. The lowest BCUT2D eigenvalue weighted by molar-refractivity contribution is -0.360. The monoisotopic (exact) mass is 724 g/mol.